The molecular formula is C26H25N3O3S. The quantitative estimate of drug-likeness (QED) is 0.317. The molecule has 0 aliphatic rings. The molecule has 0 saturated heterocycles. The van der Waals surface area contributed by atoms with E-state index in [4.69, 9.17) is 9.72 Å². The van der Waals surface area contributed by atoms with Crippen LogP contribution < -0.4 is 15.6 Å². The number of hydrogen-bond donors (Lipinski definition) is 1. The number of ether oxygens (including phenoxy) is 1. The summed E-state index contributed by atoms with van der Waals surface area (Å²) in [5.74, 6) is 0.740. The Morgan fingerprint density at radius 2 is 1.73 bits per heavy atom. The number of aryl methyl sites for hydroxylation is 2. The molecule has 6 nitrogen and oxygen atoms in total. The van der Waals surface area contributed by atoms with Crippen LogP contribution in [0.5, 0.6) is 5.75 Å². The van der Waals surface area contributed by atoms with E-state index in [1.165, 1.54) is 11.8 Å². The summed E-state index contributed by atoms with van der Waals surface area (Å²) < 4.78 is 6.85. The van der Waals surface area contributed by atoms with Crippen LogP contribution in [0.25, 0.3) is 10.9 Å². The van der Waals surface area contributed by atoms with Gasteiger partial charge in [-0.25, -0.2) is 4.98 Å². The van der Waals surface area contributed by atoms with Gasteiger partial charge in [0.15, 0.2) is 5.16 Å². The number of benzene rings is 3. The van der Waals surface area contributed by atoms with Gasteiger partial charge in [-0.3, -0.25) is 14.2 Å². The van der Waals surface area contributed by atoms with E-state index in [9.17, 15) is 9.59 Å². The molecule has 33 heavy (non-hydrogen) atoms. The van der Waals surface area contributed by atoms with E-state index in [2.05, 4.69) is 11.4 Å². The number of carbonyl (C=O) groups is 1. The van der Waals surface area contributed by atoms with Crippen LogP contribution in [0.15, 0.2) is 76.7 Å². The lowest BCUT2D eigenvalue weighted by atomic mass is 10.1. The van der Waals surface area contributed by atoms with Crippen LogP contribution in [-0.4, -0.2) is 28.3 Å². The van der Waals surface area contributed by atoms with Gasteiger partial charge in [0.1, 0.15) is 5.75 Å². The molecule has 1 heterocycles. The fourth-order valence-electron chi connectivity index (χ4n) is 3.68. The number of amides is 1. The fraction of sp³-hybridized carbons (Fsp3) is 0.192. The summed E-state index contributed by atoms with van der Waals surface area (Å²) >= 11 is 1.25. The average Bonchev–Trinajstić information content (AvgIpc) is 2.79. The maximum Gasteiger partial charge on any atom is 0.262 e. The third-order valence-electron chi connectivity index (χ3n) is 5.16. The molecular weight excluding hydrogens is 434 g/mol. The van der Waals surface area contributed by atoms with Crippen molar-refractivity contribution in [3.8, 4) is 5.75 Å². The Labute approximate surface area is 196 Å². The van der Waals surface area contributed by atoms with E-state index in [0.29, 0.717) is 22.6 Å². The lowest BCUT2D eigenvalue weighted by Crippen LogP contribution is -2.25. The van der Waals surface area contributed by atoms with E-state index in [-0.39, 0.29) is 17.2 Å². The molecule has 0 fully saturated rings. The van der Waals surface area contributed by atoms with Crippen LogP contribution in [0, 0.1) is 13.8 Å². The lowest BCUT2D eigenvalue weighted by Gasteiger charge is -2.14. The summed E-state index contributed by atoms with van der Waals surface area (Å²) in [5.41, 5.74) is 4.36. The van der Waals surface area contributed by atoms with Crippen LogP contribution >= 0.6 is 11.8 Å². The number of hydrogen-bond acceptors (Lipinski definition) is 5. The Morgan fingerprint density at radius 3 is 2.42 bits per heavy atom. The van der Waals surface area contributed by atoms with Gasteiger partial charge in [-0.1, -0.05) is 42.1 Å². The summed E-state index contributed by atoms with van der Waals surface area (Å²) in [5, 5.41) is 3.99. The number of carbonyl (C=O) groups excluding carboxylic acids is 1. The Kier molecular flexibility index (Phi) is 6.79. The SMILES string of the molecule is COc1ccc(Cn2c(SCC(=O)Nc3cc(C)cc(C)c3)nc3ccccc3c2=O)cc1. The van der Waals surface area contributed by atoms with Gasteiger partial charge in [-0.05, 0) is 66.9 Å². The predicted octanol–water partition coefficient (Wildman–Crippen LogP) is 4.80. The molecule has 0 bridgehead atoms. The highest BCUT2D eigenvalue weighted by Crippen LogP contribution is 2.21. The van der Waals surface area contributed by atoms with Crippen molar-refractivity contribution >= 4 is 34.3 Å². The highest BCUT2D eigenvalue weighted by molar-refractivity contribution is 7.99. The monoisotopic (exact) mass is 459 g/mol. The molecule has 0 saturated carbocycles. The first kappa shape index (κ1) is 22.6. The molecule has 4 rings (SSSR count). The minimum absolute atomic E-state index is 0.131. The van der Waals surface area contributed by atoms with Gasteiger partial charge in [-0.2, -0.15) is 0 Å². The molecule has 1 N–H and O–H groups in total. The van der Waals surface area contributed by atoms with Crippen molar-refractivity contribution in [3.63, 3.8) is 0 Å². The second kappa shape index (κ2) is 9.92. The summed E-state index contributed by atoms with van der Waals surface area (Å²) in [6, 6.07) is 20.7. The second-order valence-electron chi connectivity index (χ2n) is 7.86. The molecule has 0 unspecified atom stereocenters. The first-order valence-corrected chi connectivity index (χ1v) is 11.5. The largest absolute Gasteiger partial charge is 0.497 e. The Bertz CT molecular complexity index is 1340. The summed E-state index contributed by atoms with van der Waals surface area (Å²) in [4.78, 5) is 30.6. The second-order valence-corrected chi connectivity index (χ2v) is 8.81. The standard InChI is InChI=1S/C26H25N3O3S/c1-17-12-18(2)14-20(13-17)27-24(30)16-33-26-28-23-7-5-4-6-22(23)25(31)29(26)15-19-8-10-21(32-3)11-9-19/h4-14H,15-16H2,1-3H3,(H,27,30). The zero-order chi connectivity index (χ0) is 23.4. The van der Waals surface area contributed by atoms with Gasteiger partial charge in [0.2, 0.25) is 5.91 Å². The maximum atomic E-state index is 13.3. The molecule has 0 aliphatic carbocycles. The molecule has 0 aliphatic heterocycles. The molecule has 4 aromatic rings. The van der Waals surface area contributed by atoms with Crippen LogP contribution in [0.4, 0.5) is 5.69 Å². The zero-order valence-electron chi connectivity index (χ0n) is 18.8. The molecule has 1 amide bonds. The van der Waals surface area contributed by atoms with Gasteiger partial charge in [-0.15, -0.1) is 0 Å². The normalized spacial score (nSPS) is 10.9. The van der Waals surface area contributed by atoms with Crippen LogP contribution in [0.3, 0.4) is 0 Å². The number of methoxy groups -OCH3 is 1. The van der Waals surface area contributed by atoms with Crippen LogP contribution in [0.2, 0.25) is 0 Å². The maximum absolute atomic E-state index is 13.3. The third kappa shape index (κ3) is 5.43. The van der Waals surface area contributed by atoms with E-state index in [1.54, 1.807) is 17.7 Å². The minimum atomic E-state index is -0.150. The fourth-order valence-corrected chi connectivity index (χ4v) is 4.48. The number of anilines is 1. The molecule has 3 aromatic carbocycles. The van der Waals surface area contributed by atoms with Crippen molar-refractivity contribution in [1.29, 1.82) is 0 Å². The first-order chi connectivity index (χ1) is 15.9. The van der Waals surface area contributed by atoms with Crippen molar-refractivity contribution in [3.05, 3.63) is 93.8 Å². The summed E-state index contributed by atoms with van der Waals surface area (Å²) in [6.45, 7) is 4.34. The van der Waals surface area contributed by atoms with Gasteiger partial charge < -0.3 is 10.1 Å². The minimum Gasteiger partial charge on any atom is -0.497 e. The highest BCUT2D eigenvalue weighted by Gasteiger charge is 2.14. The van der Waals surface area contributed by atoms with Crippen molar-refractivity contribution in [2.45, 2.75) is 25.5 Å². The molecule has 1 aromatic heterocycles. The number of nitrogens with one attached hydrogen (secondary N) is 1. The Balaban J connectivity index is 1.60. The van der Waals surface area contributed by atoms with Crippen LogP contribution in [0.1, 0.15) is 16.7 Å². The Hall–Kier alpha value is -3.58. The van der Waals surface area contributed by atoms with E-state index < -0.39 is 0 Å². The highest BCUT2D eigenvalue weighted by atomic mass is 32.2. The van der Waals surface area contributed by atoms with Crippen molar-refractivity contribution in [2.75, 3.05) is 18.2 Å². The molecule has 0 radical (unpaired) electrons. The van der Waals surface area contributed by atoms with Crippen molar-refractivity contribution in [2.24, 2.45) is 0 Å². The number of para-hydroxylation sites is 1. The summed E-state index contributed by atoms with van der Waals surface area (Å²) in [7, 11) is 1.62. The third-order valence-corrected chi connectivity index (χ3v) is 6.14. The van der Waals surface area contributed by atoms with Gasteiger partial charge in [0.25, 0.3) is 5.56 Å². The first-order valence-electron chi connectivity index (χ1n) is 10.6. The molecule has 7 heteroatoms. The number of fused-ring (bicyclic) bond motifs is 1. The number of nitrogens with zero attached hydrogens (tertiary/aromatic N) is 2. The number of aromatic nitrogens is 2. The van der Waals surface area contributed by atoms with E-state index >= 15 is 0 Å². The predicted molar refractivity (Wildman–Crippen MR) is 133 cm³/mol. The van der Waals surface area contributed by atoms with Gasteiger partial charge in [0.05, 0.1) is 30.3 Å². The Morgan fingerprint density at radius 1 is 1.03 bits per heavy atom. The average molecular weight is 460 g/mol. The zero-order valence-corrected chi connectivity index (χ0v) is 19.6. The van der Waals surface area contributed by atoms with Crippen LogP contribution in [-0.2, 0) is 11.3 Å². The smallest absolute Gasteiger partial charge is 0.262 e. The molecule has 0 spiro atoms. The molecule has 0 atom stereocenters. The van der Waals surface area contributed by atoms with Gasteiger partial charge >= 0.3 is 0 Å². The number of rotatable bonds is 7. The van der Waals surface area contributed by atoms with E-state index in [0.717, 1.165) is 28.1 Å². The van der Waals surface area contributed by atoms with E-state index in [1.807, 2.05) is 68.4 Å². The lowest BCUT2D eigenvalue weighted by molar-refractivity contribution is -0.113. The summed E-state index contributed by atoms with van der Waals surface area (Å²) in [6.07, 6.45) is 0. The van der Waals surface area contributed by atoms with Crippen molar-refractivity contribution in [1.82, 2.24) is 9.55 Å². The number of thioether (sulfide) groups is 1. The topological polar surface area (TPSA) is 73.2 Å². The molecule has 168 valence electrons. The van der Waals surface area contributed by atoms with Gasteiger partial charge in [0, 0.05) is 5.69 Å². The van der Waals surface area contributed by atoms with Crippen molar-refractivity contribution < 1.29 is 9.53 Å².